The minimum absolute atomic E-state index is 0.0849. The average Bonchev–Trinajstić information content (AvgIpc) is 2.36. The number of urea groups is 1. The van der Waals surface area contributed by atoms with E-state index in [1.54, 1.807) is 6.92 Å². The minimum atomic E-state index is -1.24. The van der Waals surface area contributed by atoms with Crippen LogP contribution in [0, 0.1) is 0 Å². The summed E-state index contributed by atoms with van der Waals surface area (Å²) >= 11 is 0. The van der Waals surface area contributed by atoms with Crippen LogP contribution < -0.4 is 16.0 Å². The van der Waals surface area contributed by atoms with Gasteiger partial charge in [-0.2, -0.15) is 0 Å². The van der Waals surface area contributed by atoms with Crippen molar-refractivity contribution < 1.29 is 24.3 Å². The lowest BCUT2D eigenvalue weighted by Crippen LogP contribution is -2.49. The number of rotatable bonds is 5. The molecule has 0 radical (unpaired) electrons. The molecule has 0 aromatic carbocycles. The van der Waals surface area contributed by atoms with E-state index in [-0.39, 0.29) is 17.1 Å². The fourth-order valence-corrected chi connectivity index (χ4v) is 1.15. The fraction of sp³-hybridized carbons (Fsp3) is 0.500. The Bertz CT molecular complexity index is 456. The number of hydrogen-bond donors (Lipinski definition) is 4. The highest BCUT2D eigenvalue weighted by Gasteiger charge is 2.18. The first-order valence-electron chi connectivity index (χ1n) is 6.01. The van der Waals surface area contributed by atoms with Crippen molar-refractivity contribution in [1.82, 2.24) is 16.0 Å². The highest BCUT2D eigenvalue weighted by atomic mass is 16.4. The second-order valence-electron chi connectivity index (χ2n) is 4.10. The summed E-state index contributed by atoms with van der Waals surface area (Å²) in [5, 5.41) is 15.4. The third kappa shape index (κ3) is 5.51. The molecule has 4 N–H and O–H groups in total. The molecule has 0 rings (SSSR count). The number of aliphatic carboxylic acids is 1. The molecule has 8 heteroatoms. The van der Waals surface area contributed by atoms with Crippen molar-refractivity contribution in [2.75, 3.05) is 6.54 Å². The lowest BCUT2D eigenvalue weighted by atomic mass is 10.1. The Hall–Kier alpha value is -2.38. The van der Waals surface area contributed by atoms with Crippen LogP contribution in [0.2, 0.25) is 0 Å². The molecule has 0 aliphatic rings. The topological polar surface area (TPSA) is 125 Å². The van der Waals surface area contributed by atoms with Crippen LogP contribution in [0.15, 0.2) is 11.1 Å². The number of imide groups is 1. The zero-order valence-electron chi connectivity index (χ0n) is 11.9. The van der Waals surface area contributed by atoms with E-state index in [0.29, 0.717) is 6.54 Å². The maximum atomic E-state index is 11.6. The summed E-state index contributed by atoms with van der Waals surface area (Å²) < 4.78 is 0. The summed E-state index contributed by atoms with van der Waals surface area (Å²) in [4.78, 5) is 45.1. The van der Waals surface area contributed by atoms with Gasteiger partial charge in [0.2, 0.25) is 5.91 Å². The maximum absolute atomic E-state index is 11.6. The smallest absolute Gasteiger partial charge is 0.331 e. The van der Waals surface area contributed by atoms with Crippen LogP contribution in [-0.4, -0.2) is 41.5 Å². The van der Waals surface area contributed by atoms with Crippen molar-refractivity contribution in [2.24, 2.45) is 0 Å². The molecule has 1 atom stereocenters. The van der Waals surface area contributed by atoms with Gasteiger partial charge < -0.3 is 15.7 Å². The Balaban J connectivity index is 4.56. The molecule has 20 heavy (non-hydrogen) atoms. The van der Waals surface area contributed by atoms with Gasteiger partial charge in [0, 0.05) is 17.7 Å². The van der Waals surface area contributed by atoms with Crippen molar-refractivity contribution in [3.63, 3.8) is 0 Å². The van der Waals surface area contributed by atoms with E-state index in [0.717, 1.165) is 0 Å². The number of amides is 4. The van der Waals surface area contributed by atoms with Gasteiger partial charge in [0.05, 0.1) is 0 Å². The molecule has 1 unspecified atom stereocenters. The van der Waals surface area contributed by atoms with Gasteiger partial charge in [-0.25, -0.2) is 9.59 Å². The van der Waals surface area contributed by atoms with Gasteiger partial charge in [-0.15, -0.1) is 0 Å². The summed E-state index contributed by atoms with van der Waals surface area (Å²) in [6, 6.07) is -1.68. The van der Waals surface area contributed by atoms with Gasteiger partial charge in [0.15, 0.2) is 0 Å². The monoisotopic (exact) mass is 285 g/mol. The van der Waals surface area contributed by atoms with Crippen molar-refractivity contribution in [2.45, 2.75) is 33.7 Å². The highest BCUT2D eigenvalue weighted by Crippen LogP contribution is 2.03. The molecule has 0 aromatic rings. The quantitative estimate of drug-likeness (QED) is 0.519. The minimum Gasteiger partial charge on any atom is -0.478 e. The number of carbonyl (C=O) groups is 4. The van der Waals surface area contributed by atoms with E-state index < -0.39 is 23.9 Å². The number of carbonyl (C=O) groups excluding carboxylic acids is 3. The van der Waals surface area contributed by atoms with Crippen LogP contribution in [0.25, 0.3) is 0 Å². The summed E-state index contributed by atoms with van der Waals surface area (Å²) in [7, 11) is 0. The molecule has 0 aromatic heterocycles. The number of carboxylic acid groups (broad SMARTS) is 1. The van der Waals surface area contributed by atoms with Gasteiger partial charge in [-0.3, -0.25) is 14.9 Å². The molecule has 0 saturated carbocycles. The molecule has 0 spiro atoms. The van der Waals surface area contributed by atoms with E-state index in [9.17, 15) is 19.2 Å². The van der Waals surface area contributed by atoms with E-state index in [1.807, 2.05) is 5.32 Å². The fourth-order valence-electron chi connectivity index (χ4n) is 1.15. The van der Waals surface area contributed by atoms with Gasteiger partial charge in [0.25, 0.3) is 5.91 Å². The van der Waals surface area contributed by atoms with E-state index in [1.165, 1.54) is 20.8 Å². The maximum Gasteiger partial charge on any atom is 0.331 e. The first kappa shape index (κ1) is 17.6. The van der Waals surface area contributed by atoms with Crippen LogP contribution in [0.4, 0.5) is 4.79 Å². The summed E-state index contributed by atoms with van der Waals surface area (Å²) in [6.45, 7) is 6.16. The first-order chi connectivity index (χ1) is 9.20. The highest BCUT2D eigenvalue weighted by molar-refractivity contribution is 6.07. The van der Waals surface area contributed by atoms with Gasteiger partial charge in [-0.1, -0.05) is 0 Å². The van der Waals surface area contributed by atoms with Crippen molar-refractivity contribution in [1.29, 1.82) is 0 Å². The van der Waals surface area contributed by atoms with E-state index in [4.69, 9.17) is 5.11 Å². The molecule has 112 valence electrons. The van der Waals surface area contributed by atoms with Gasteiger partial charge in [-0.05, 0) is 27.7 Å². The van der Waals surface area contributed by atoms with Crippen LogP contribution >= 0.6 is 0 Å². The standard InChI is InChI=1S/C12H19N3O5/c1-5-13-10(17)8(4)14-12(20)15-9(16)6(2)7(3)11(18)19/h8H,5H2,1-4H3,(H,13,17)(H,18,19)(H2,14,15,16,20). The molecular formula is C12H19N3O5. The third-order valence-electron chi connectivity index (χ3n) is 2.54. The molecule has 0 aliphatic carbocycles. The number of nitrogens with one attached hydrogen (secondary N) is 3. The lowest BCUT2D eigenvalue weighted by molar-refractivity contribution is -0.133. The van der Waals surface area contributed by atoms with Crippen LogP contribution in [0.1, 0.15) is 27.7 Å². The molecule has 8 nitrogen and oxygen atoms in total. The zero-order chi connectivity index (χ0) is 15.9. The second kappa shape index (κ2) is 7.93. The Morgan fingerprint density at radius 1 is 1.10 bits per heavy atom. The number of hydrogen-bond acceptors (Lipinski definition) is 4. The predicted octanol–water partition coefficient (Wildman–Crippen LogP) is -0.242. The number of likely N-dealkylation sites (N-methyl/N-ethyl adjacent to an activating group) is 1. The molecule has 4 amide bonds. The first-order valence-corrected chi connectivity index (χ1v) is 6.01. The largest absolute Gasteiger partial charge is 0.478 e. The zero-order valence-corrected chi connectivity index (χ0v) is 11.9. The third-order valence-corrected chi connectivity index (χ3v) is 2.54. The molecule has 0 bridgehead atoms. The molecule has 0 aliphatic heterocycles. The van der Waals surface area contributed by atoms with Crippen LogP contribution in [-0.2, 0) is 14.4 Å². The molecule has 0 heterocycles. The summed E-state index contributed by atoms with van der Waals surface area (Å²) in [6.07, 6.45) is 0. The average molecular weight is 285 g/mol. The Morgan fingerprint density at radius 3 is 2.10 bits per heavy atom. The predicted molar refractivity (Wildman–Crippen MR) is 70.8 cm³/mol. The van der Waals surface area contributed by atoms with Crippen molar-refractivity contribution in [3.05, 3.63) is 11.1 Å². The lowest BCUT2D eigenvalue weighted by Gasteiger charge is -2.13. The number of carboxylic acids is 1. The Labute approximate surface area is 116 Å². The van der Waals surface area contributed by atoms with Gasteiger partial charge in [0.1, 0.15) is 6.04 Å². The molecular weight excluding hydrogens is 266 g/mol. The van der Waals surface area contributed by atoms with E-state index >= 15 is 0 Å². The van der Waals surface area contributed by atoms with E-state index in [2.05, 4.69) is 10.6 Å². The Kier molecular flexibility index (Phi) is 6.98. The summed E-state index contributed by atoms with van der Waals surface area (Å²) in [5.74, 6) is -2.46. The molecule has 0 saturated heterocycles. The van der Waals surface area contributed by atoms with Crippen molar-refractivity contribution in [3.8, 4) is 0 Å². The van der Waals surface area contributed by atoms with Crippen LogP contribution in [0.3, 0.4) is 0 Å². The molecule has 0 fully saturated rings. The van der Waals surface area contributed by atoms with Gasteiger partial charge >= 0.3 is 12.0 Å². The van der Waals surface area contributed by atoms with Crippen LogP contribution in [0.5, 0.6) is 0 Å². The normalized spacial score (nSPS) is 12.8. The second-order valence-corrected chi connectivity index (χ2v) is 4.10. The summed E-state index contributed by atoms with van der Waals surface area (Å²) in [5.41, 5.74) is -0.245. The SMILES string of the molecule is CCNC(=O)C(C)NC(=O)NC(=O)C(C)=C(C)C(=O)O. The Morgan fingerprint density at radius 2 is 1.65 bits per heavy atom. The van der Waals surface area contributed by atoms with Crippen molar-refractivity contribution >= 4 is 23.8 Å².